The molecule has 0 fully saturated rings. The van der Waals surface area contributed by atoms with Gasteiger partial charge < -0.3 is 19.2 Å². The molecule has 0 aliphatic rings. The topological polar surface area (TPSA) is 80.0 Å². The van der Waals surface area contributed by atoms with Gasteiger partial charge in [-0.05, 0) is 24.6 Å². The van der Waals surface area contributed by atoms with Gasteiger partial charge in [0.15, 0.2) is 6.61 Å². The molecule has 3 aromatic rings. The van der Waals surface area contributed by atoms with E-state index in [1.165, 1.54) is 18.4 Å². The van der Waals surface area contributed by atoms with Gasteiger partial charge in [0.1, 0.15) is 11.3 Å². The van der Waals surface area contributed by atoms with Crippen molar-refractivity contribution in [2.45, 2.75) is 19.4 Å². The maximum Gasteiger partial charge on any atom is 0.310 e. The van der Waals surface area contributed by atoms with Gasteiger partial charge in [-0.3, -0.25) is 9.59 Å². The van der Waals surface area contributed by atoms with E-state index >= 15 is 0 Å². The molecule has 0 spiro atoms. The van der Waals surface area contributed by atoms with Crippen LogP contribution in [-0.4, -0.2) is 35.5 Å². The van der Waals surface area contributed by atoms with Crippen molar-refractivity contribution in [1.82, 2.24) is 4.90 Å². The SMILES string of the molecule is C[C@H](c1ccccc1)N(C)C(=O)COC(=O)Cc1coc2cc(O)ccc12. The zero-order chi connectivity index (χ0) is 19.4. The molecule has 2 aromatic carbocycles. The van der Waals surface area contributed by atoms with Crippen molar-refractivity contribution in [3.05, 3.63) is 65.9 Å². The van der Waals surface area contributed by atoms with Gasteiger partial charge in [0, 0.05) is 24.1 Å². The van der Waals surface area contributed by atoms with Crippen molar-refractivity contribution in [2.75, 3.05) is 13.7 Å². The van der Waals surface area contributed by atoms with Crippen molar-refractivity contribution in [2.24, 2.45) is 0 Å². The number of benzene rings is 2. The van der Waals surface area contributed by atoms with Crippen molar-refractivity contribution >= 4 is 22.8 Å². The van der Waals surface area contributed by atoms with Crippen molar-refractivity contribution in [1.29, 1.82) is 0 Å². The van der Waals surface area contributed by atoms with E-state index in [1.807, 2.05) is 37.3 Å². The quantitative estimate of drug-likeness (QED) is 0.675. The number of phenols is 1. The molecule has 0 bridgehead atoms. The van der Waals surface area contributed by atoms with Crippen LogP contribution >= 0.6 is 0 Å². The van der Waals surface area contributed by atoms with Crippen LogP contribution in [-0.2, 0) is 20.7 Å². The predicted octanol–water partition coefficient (Wildman–Crippen LogP) is 3.44. The Labute approximate surface area is 157 Å². The summed E-state index contributed by atoms with van der Waals surface area (Å²) in [5.41, 5.74) is 2.14. The minimum Gasteiger partial charge on any atom is -0.508 e. The van der Waals surface area contributed by atoms with Crippen molar-refractivity contribution in [3.63, 3.8) is 0 Å². The number of nitrogens with zero attached hydrogens (tertiary/aromatic N) is 1. The number of rotatable bonds is 6. The second-order valence-corrected chi connectivity index (χ2v) is 6.37. The van der Waals surface area contributed by atoms with Crippen LogP contribution in [0, 0.1) is 0 Å². The molecule has 1 aromatic heterocycles. The monoisotopic (exact) mass is 367 g/mol. The highest BCUT2D eigenvalue weighted by Crippen LogP contribution is 2.25. The number of furan rings is 1. The summed E-state index contributed by atoms with van der Waals surface area (Å²) in [6.07, 6.45) is 1.44. The van der Waals surface area contributed by atoms with Gasteiger partial charge in [-0.1, -0.05) is 30.3 Å². The van der Waals surface area contributed by atoms with Gasteiger partial charge in [-0.25, -0.2) is 0 Å². The molecule has 1 N–H and O–H groups in total. The summed E-state index contributed by atoms with van der Waals surface area (Å²) in [6.45, 7) is 1.60. The Bertz CT molecular complexity index is 948. The average Bonchev–Trinajstić information content (AvgIpc) is 3.07. The van der Waals surface area contributed by atoms with Crippen LogP contribution in [0.5, 0.6) is 5.75 Å². The lowest BCUT2D eigenvalue weighted by molar-refractivity contribution is -0.151. The molecule has 1 atom stereocenters. The third kappa shape index (κ3) is 4.28. The van der Waals surface area contributed by atoms with Gasteiger partial charge in [0.2, 0.25) is 0 Å². The summed E-state index contributed by atoms with van der Waals surface area (Å²) in [7, 11) is 1.68. The minimum atomic E-state index is -0.514. The van der Waals surface area contributed by atoms with Gasteiger partial charge in [-0.15, -0.1) is 0 Å². The Kier molecular flexibility index (Phi) is 5.45. The number of phenolic OH excluding ortho intramolecular Hbond substituents is 1. The second-order valence-electron chi connectivity index (χ2n) is 6.37. The van der Waals surface area contributed by atoms with Crippen LogP contribution in [0.2, 0.25) is 0 Å². The summed E-state index contributed by atoms with van der Waals surface area (Å²) in [6, 6.07) is 14.2. The number of esters is 1. The number of hydrogen-bond donors (Lipinski definition) is 1. The fourth-order valence-electron chi connectivity index (χ4n) is 2.83. The summed E-state index contributed by atoms with van der Waals surface area (Å²) >= 11 is 0. The number of amides is 1. The molecule has 6 nitrogen and oxygen atoms in total. The van der Waals surface area contributed by atoms with Crippen LogP contribution in [0.25, 0.3) is 11.0 Å². The van der Waals surface area contributed by atoms with Crippen molar-refractivity contribution in [3.8, 4) is 5.75 Å². The molecule has 0 aliphatic heterocycles. The first-order valence-corrected chi connectivity index (χ1v) is 8.61. The molecule has 140 valence electrons. The molecule has 0 unspecified atom stereocenters. The smallest absolute Gasteiger partial charge is 0.310 e. The van der Waals surface area contributed by atoms with Gasteiger partial charge in [0.05, 0.1) is 18.7 Å². The van der Waals surface area contributed by atoms with Crippen LogP contribution < -0.4 is 0 Å². The summed E-state index contributed by atoms with van der Waals surface area (Å²) in [4.78, 5) is 26.0. The summed E-state index contributed by atoms with van der Waals surface area (Å²) in [5.74, 6) is -0.700. The molecule has 0 saturated carbocycles. The Balaban J connectivity index is 1.56. The Morgan fingerprint density at radius 1 is 1.19 bits per heavy atom. The molecule has 3 rings (SSSR count). The van der Waals surface area contributed by atoms with E-state index in [1.54, 1.807) is 18.0 Å². The molecule has 0 saturated heterocycles. The Hall–Kier alpha value is -3.28. The molecule has 1 amide bonds. The van der Waals surface area contributed by atoms with E-state index in [0.717, 1.165) is 10.9 Å². The number of carbonyl (C=O) groups is 2. The first kappa shape index (κ1) is 18.5. The van der Waals surface area contributed by atoms with Crippen LogP contribution in [0.3, 0.4) is 0 Å². The zero-order valence-electron chi connectivity index (χ0n) is 15.2. The lowest BCUT2D eigenvalue weighted by atomic mass is 10.1. The number of carbonyl (C=O) groups excluding carboxylic acids is 2. The number of fused-ring (bicyclic) bond motifs is 1. The highest BCUT2D eigenvalue weighted by Gasteiger charge is 2.19. The molecular weight excluding hydrogens is 346 g/mol. The largest absolute Gasteiger partial charge is 0.508 e. The fraction of sp³-hybridized carbons (Fsp3) is 0.238. The van der Waals surface area contributed by atoms with Gasteiger partial charge >= 0.3 is 5.97 Å². The van der Waals surface area contributed by atoms with E-state index in [2.05, 4.69) is 0 Å². The van der Waals surface area contributed by atoms with Gasteiger partial charge in [0.25, 0.3) is 5.91 Å². The second kappa shape index (κ2) is 7.95. The molecule has 1 heterocycles. The number of hydrogen-bond acceptors (Lipinski definition) is 5. The highest BCUT2D eigenvalue weighted by molar-refractivity contribution is 5.87. The van der Waals surface area contributed by atoms with E-state index in [-0.39, 0.29) is 30.7 Å². The Morgan fingerprint density at radius 2 is 1.93 bits per heavy atom. The third-order valence-electron chi connectivity index (χ3n) is 4.59. The lowest BCUT2D eigenvalue weighted by Crippen LogP contribution is -2.33. The van der Waals surface area contributed by atoms with Crippen LogP contribution in [0.4, 0.5) is 0 Å². The van der Waals surface area contributed by atoms with Gasteiger partial charge in [-0.2, -0.15) is 0 Å². The lowest BCUT2D eigenvalue weighted by Gasteiger charge is -2.25. The summed E-state index contributed by atoms with van der Waals surface area (Å²) in [5, 5.41) is 10.2. The number of likely N-dealkylation sites (N-methyl/N-ethyl adjacent to an activating group) is 1. The average molecular weight is 367 g/mol. The van der Waals surface area contributed by atoms with E-state index in [9.17, 15) is 14.7 Å². The van der Waals surface area contributed by atoms with Crippen molar-refractivity contribution < 1.29 is 23.8 Å². The molecule has 27 heavy (non-hydrogen) atoms. The molecule has 0 aliphatic carbocycles. The number of ether oxygens (including phenoxy) is 1. The predicted molar refractivity (Wildman–Crippen MR) is 100 cm³/mol. The third-order valence-corrected chi connectivity index (χ3v) is 4.59. The molecular formula is C21H21NO5. The standard InChI is InChI=1S/C21H21NO5/c1-14(15-6-4-3-5-7-15)22(2)20(24)13-27-21(25)10-16-12-26-19-11-17(23)8-9-18(16)19/h3-9,11-12,14,23H,10,13H2,1-2H3/t14-/m1/s1. The fourth-order valence-corrected chi connectivity index (χ4v) is 2.83. The zero-order valence-corrected chi connectivity index (χ0v) is 15.2. The maximum atomic E-state index is 12.3. The maximum absolute atomic E-state index is 12.3. The minimum absolute atomic E-state index is 0.0109. The normalized spacial score (nSPS) is 11.9. The van der Waals surface area contributed by atoms with Crippen LogP contribution in [0.1, 0.15) is 24.1 Å². The first-order valence-electron chi connectivity index (χ1n) is 8.61. The molecule has 0 radical (unpaired) electrons. The van der Waals surface area contributed by atoms with E-state index in [4.69, 9.17) is 9.15 Å². The van der Waals surface area contributed by atoms with Crippen LogP contribution in [0.15, 0.2) is 59.2 Å². The highest BCUT2D eigenvalue weighted by atomic mass is 16.5. The van der Waals surface area contributed by atoms with E-state index in [0.29, 0.717) is 11.1 Å². The molecule has 6 heteroatoms. The van der Waals surface area contributed by atoms with E-state index < -0.39 is 5.97 Å². The Morgan fingerprint density at radius 3 is 2.67 bits per heavy atom. The first-order chi connectivity index (χ1) is 13.0. The summed E-state index contributed by atoms with van der Waals surface area (Å²) < 4.78 is 10.5. The number of aromatic hydroxyl groups is 1.